The number of rotatable bonds is 1. The molecule has 0 aromatic heterocycles. The van der Waals surface area contributed by atoms with Crippen molar-refractivity contribution in [2.75, 3.05) is 7.11 Å². The first kappa shape index (κ1) is 17.0. The Morgan fingerprint density at radius 2 is 2.00 bits per heavy atom. The molecule has 0 heterocycles. The third-order valence-electron chi connectivity index (χ3n) is 8.01. The second kappa shape index (κ2) is 5.29. The molecule has 0 amide bonds. The second-order valence-corrected chi connectivity index (χ2v) is 8.89. The molecule has 0 aromatic rings. The fourth-order valence-corrected chi connectivity index (χ4v) is 6.37. The van der Waals surface area contributed by atoms with Gasteiger partial charge in [0, 0.05) is 17.3 Å². The zero-order valence-corrected chi connectivity index (χ0v) is 15.4. The van der Waals surface area contributed by atoms with Gasteiger partial charge >= 0.3 is 5.97 Å². The lowest BCUT2D eigenvalue weighted by molar-refractivity contribution is -0.177. The number of aliphatic hydroxyl groups is 1. The number of carbonyl (C=O) groups is 2. The summed E-state index contributed by atoms with van der Waals surface area (Å²) in [4.78, 5) is 24.2. The summed E-state index contributed by atoms with van der Waals surface area (Å²) < 4.78 is 4.95. The van der Waals surface area contributed by atoms with E-state index < -0.39 is 17.0 Å². The molecule has 1 N–H and O–H groups in total. The Bertz CT molecular complexity index is 705. The molecule has 0 aliphatic heterocycles. The first-order valence-corrected chi connectivity index (χ1v) is 9.51. The Labute approximate surface area is 149 Å². The molecule has 25 heavy (non-hydrogen) atoms. The first-order chi connectivity index (χ1) is 11.8. The van der Waals surface area contributed by atoms with E-state index in [2.05, 4.69) is 19.9 Å². The van der Waals surface area contributed by atoms with Crippen molar-refractivity contribution < 1.29 is 19.4 Å². The standard InChI is InChI=1S/C21H28O4/c1-19-9-6-14(22)12-13(19)4-5-15-16(19)7-10-20(2)17(15)8-11-21(20,24)18(23)25-3/h7,12,15,17,24H,4-6,8-11H2,1-3H3/t15-,17+,19+,20+,21+/m1/s1. The molecule has 0 radical (unpaired) electrons. The van der Waals surface area contributed by atoms with Gasteiger partial charge < -0.3 is 9.84 Å². The smallest absolute Gasteiger partial charge is 0.338 e. The van der Waals surface area contributed by atoms with Gasteiger partial charge in [-0.1, -0.05) is 31.1 Å². The number of carbonyl (C=O) groups excluding carboxylic acids is 2. The van der Waals surface area contributed by atoms with Gasteiger partial charge in [-0.15, -0.1) is 0 Å². The number of ether oxygens (including phenoxy) is 1. The van der Waals surface area contributed by atoms with Crippen LogP contribution in [-0.2, 0) is 14.3 Å². The summed E-state index contributed by atoms with van der Waals surface area (Å²) in [6.45, 7) is 4.35. The van der Waals surface area contributed by atoms with Crippen molar-refractivity contribution in [3.05, 3.63) is 23.3 Å². The van der Waals surface area contributed by atoms with Crippen LogP contribution in [0.2, 0.25) is 0 Å². The zero-order valence-electron chi connectivity index (χ0n) is 15.4. The van der Waals surface area contributed by atoms with Crippen LogP contribution in [0.4, 0.5) is 0 Å². The van der Waals surface area contributed by atoms with Crippen molar-refractivity contribution in [1.29, 1.82) is 0 Å². The van der Waals surface area contributed by atoms with Gasteiger partial charge in [-0.25, -0.2) is 4.79 Å². The summed E-state index contributed by atoms with van der Waals surface area (Å²) in [5.74, 6) is 0.466. The number of ketones is 1. The maximum atomic E-state index is 12.3. The molecule has 4 heteroatoms. The fourth-order valence-electron chi connectivity index (χ4n) is 6.37. The Morgan fingerprint density at radius 3 is 2.72 bits per heavy atom. The van der Waals surface area contributed by atoms with Crippen LogP contribution in [0.25, 0.3) is 0 Å². The average Bonchev–Trinajstić information content (AvgIpc) is 2.87. The number of esters is 1. The minimum atomic E-state index is -1.38. The van der Waals surface area contributed by atoms with E-state index in [0.717, 1.165) is 25.7 Å². The van der Waals surface area contributed by atoms with Gasteiger partial charge in [-0.2, -0.15) is 0 Å². The van der Waals surface area contributed by atoms with E-state index in [1.54, 1.807) is 0 Å². The maximum Gasteiger partial charge on any atom is 0.338 e. The number of methoxy groups -OCH3 is 1. The van der Waals surface area contributed by atoms with Crippen molar-refractivity contribution in [2.24, 2.45) is 22.7 Å². The van der Waals surface area contributed by atoms with E-state index >= 15 is 0 Å². The largest absolute Gasteiger partial charge is 0.467 e. The number of allylic oxidation sites excluding steroid dienone is 4. The van der Waals surface area contributed by atoms with Gasteiger partial charge in [0.1, 0.15) is 0 Å². The van der Waals surface area contributed by atoms with Crippen LogP contribution in [0.5, 0.6) is 0 Å². The topological polar surface area (TPSA) is 63.6 Å². The highest BCUT2D eigenvalue weighted by Crippen LogP contribution is 2.65. The van der Waals surface area contributed by atoms with E-state index in [1.807, 2.05) is 6.08 Å². The van der Waals surface area contributed by atoms with E-state index in [0.29, 0.717) is 31.1 Å². The maximum absolute atomic E-state index is 12.3. The van der Waals surface area contributed by atoms with Crippen LogP contribution in [0, 0.1) is 22.7 Å². The molecular formula is C21H28O4. The second-order valence-electron chi connectivity index (χ2n) is 8.89. The van der Waals surface area contributed by atoms with Crippen LogP contribution < -0.4 is 0 Å². The number of fused-ring (bicyclic) bond motifs is 5. The molecule has 0 aromatic carbocycles. The van der Waals surface area contributed by atoms with Crippen molar-refractivity contribution in [2.45, 2.75) is 64.4 Å². The van der Waals surface area contributed by atoms with Crippen LogP contribution in [0.15, 0.2) is 23.3 Å². The SMILES string of the molecule is COC(=O)[C@@]1(O)CC[C@H]2[C@@H]3CCC4=CC(=O)CC[C@]4(C)C3=CC[C@@]21C. The summed E-state index contributed by atoms with van der Waals surface area (Å²) in [5, 5.41) is 11.2. The number of hydrogen-bond donors (Lipinski definition) is 1. The van der Waals surface area contributed by atoms with Gasteiger partial charge in [-0.05, 0) is 56.4 Å². The monoisotopic (exact) mass is 344 g/mol. The summed E-state index contributed by atoms with van der Waals surface area (Å²) >= 11 is 0. The molecule has 2 fully saturated rings. The van der Waals surface area contributed by atoms with Crippen LogP contribution >= 0.6 is 0 Å². The Morgan fingerprint density at radius 1 is 1.24 bits per heavy atom. The van der Waals surface area contributed by atoms with Crippen molar-refractivity contribution in [3.8, 4) is 0 Å². The van der Waals surface area contributed by atoms with E-state index in [-0.39, 0.29) is 11.2 Å². The van der Waals surface area contributed by atoms with Gasteiger partial charge in [0.05, 0.1) is 7.11 Å². The highest BCUT2D eigenvalue weighted by atomic mass is 16.5. The van der Waals surface area contributed by atoms with E-state index in [1.165, 1.54) is 18.3 Å². The lowest BCUT2D eigenvalue weighted by atomic mass is 9.50. The predicted molar refractivity (Wildman–Crippen MR) is 93.7 cm³/mol. The highest BCUT2D eigenvalue weighted by molar-refractivity contribution is 5.92. The number of hydrogen-bond acceptors (Lipinski definition) is 4. The summed E-state index contributed by atoms with van der Waals surface area (Å²) in [7, 11) is 1.36. The summed E-state index contributed by atoms with van der Waals surface area (Å²) in [6, 6.07) is 0. The summed E-state index contributed by atoms with van der Waals surface area (Å²) in [5.41, 5.74) is 0.888. The van der Waals surface area contributed by atoms with Crippen LogP contribution in [0.3, 0.4) is 0 Å². The minimum absolute atomic E-state index is 0.00979. The molecule has 2 saturated carbocycles. The quantitative estimate of drug-likeness (QED) is 0.585. The molecule has 4 rings (SSSR count). The minimum Gasteiger partial charge on any atom is -0.467 e. The van der Waals surface area contributed by atoms with Crippen molar-refractivity contribution in [1.82, 2.24) is 0 Å². The highest BCUT2D eigenvalue weighted by Gasteiger charge is 2.65. The molecular weight excluding hydrogens is 316 g/mol. The zero-order chi connectivity index (χ0) is 18.0. The predicted octanol–water partition coefficient (Wildman–Crippen LogP) is 3.34. The van der Waals surface area contributed by atoms with Crippen molar-refractivity contribution in [3.63, 3.8) is 0 Å². The Hall–Kier alpha value is -1.42. The van der Waals surface area contributed by atoms with Crippen molar-refractivity contribution >= 4 is 11.8 Å². The lowest BCUT2D eigenvalue weighted by Gasteiger charge is -2.54. The van der Waals surface area contributed by atoms with Gasteiger partial charge in [0.25, 0.3) is 0 Å². The molecule has 0 bridgehead atoms. The Balaban J connectivity index is 1.75. The molecule has 0 unspecified atom stereocenters. The van der Waals surface area contributed by atoms with Gasteiger partial charge in [0.2, 0.25) is 0 Å². The molecule has 5 atom stereocenters. The van der Waals surface area contributed by atoms with E-state index in [4.69, 9.17) is 4.74 Å². The summed E-state index contributed by atoms with van der Waals surface area (Å²) in [6.07, 6.45) is 9.69. The van der Waals surface area contributed by atoms with Gasteiger partial charge in [-0.3, -0.25) is 4.79 Å². The van der Waals surface area contributed by atoms with Crippen LogP contribution in [-0.4, -0.2) is 29.6 Å². The molecule has 0 spiro atoms. The molecule has 4 aliphatic rings. The van der Waals surface area contributed by atoms with Gasteiger partial charge in [0.15, 0.2) is 11.4 Å². The molecule has 0 saturated heterocycles. The van der Waals surface area contributed by atoms with Crippen LogP contribution in [0.1, 0.15) is 58.8 Å². The Kier molecular flexibility index (Phi) is 3.60. The normalized spacial score (nSPS) is 45.7. The third-order valence-corrected chi connectivity index (χ3v) is 8.01. The lowest BCUT2D eigenvalue weighted by Crippen LogP contribution is -2.55. The average molecular weight is 344 g/mol. The van der Waals surface area contributed by atoms with E-state index in [9.17, 15) is 14.7 Å². The first-order valence-electron chi connectivity index (χ1n) is 9.51. The molecule has 4 nitrogen and oxygen atoms in total. The third kappa shape index (κ3) is 2.03. The fraction of sp³-hybridized carbons (Fsp3) is 0.714. The molecule has 136 valence electrons. The molecule has 4 aliphatic carbocycles.